The van der Waals surface area contributed by atoms with E-state index >= 15 is 0 Å². The smallest absolute Gasteiger partial charge is 0.263 e. The van der Waals surface area contributed by atoms with E-state index in [0.717, 1.165) is 45.1 Å². The molecule has 3 atom stereocenters. The van der Waals surface area contributed by atoms with Crippen LogP contribution in [0, 0.1) is 5.92 Å². The number of aryl methyl sites for hydroxylation is 1. The minimum Gasteiger partial charge on any atom is -0.353 e. The van der Waals surface area contributed by atoms with Crippen molar-refractivity contribution in [1.29, 1.82) is 0 Å². The maximum atomic E-state index is 13.8. The third kappa shape index (κ3) is 4.41. The van der Waals surface area contributed by atoms with E-state index in [1.54, 1.807) is 7.11 Å². The fraction of sp³-hybridized carbons (Fsp3) is 0.769. The molecule has 0 radical (unpaired) electrons. The molecule has 2 saturated heterocycles. The van der Waals surface area contributed by atoms with Crippen LogP contribution in [0.15, 0.2) is 10.9 Å². The van der Waals surface area contributed by atoms with Gasteiger partial charge in [0.2, 0.25) is 0 Å². The number of rotatable bonds is 5. The topological polar surface area (TPSA) is 64.1 Å². The fourth-order valence-electron chi connectivity index (χ4n) is 6.32. The Balaban J connectivity index is 1.48. The van der Waals surface area contributed by atoms with Crippen LogP contribution in [-0.4, -0.2) is 47.5 Å². The number of pyridine rings is 1. The van der Waals surface area contributed by atoms with Crippen molar-refractivity contribution < 1.29 is 14.3 Å². The van der Waals surface area contributed by atoms with Crippen molar-refractivity contribution in [3.05, 3.63) is 33.2 Å². The number of aromatic nitrogens is 1. The lowest BCUT2D eigenvalue weighted by Crippen LogP contribution is -2.43. The van der Waals surface area contributed by atoms with E-state index in [9.17, 15) is 9.59 Å². The Kier molecular flexibility index (Phi) is 6.70. The second-order valence-corrected chi connectivity index (χ2v) is 10.3. The molecule has 1 amide bonds. The van der Waals surface area contributed by atoms with Crippen LogP contribution in [0.2, 0.25) is 0 Å². The van der Waals surface area contributed by atoms with Gasteiger partial charge < -0.3 is 18.9 Å². The highest BCUT2D eigenvalue weighted by Crippen LogP contribution is 2.35. The summed E-state index contributed by atoms with van der Waals surface area (Å²) in [5, 5.41) is 0. The van der Waals surface area contributed by atoms with Crippen LogP contribution < -0.4 is 5.56 Å². The van der Waals surface area contributed by atoms with Gasteiger partial charge in [-0.15, -0.1) is 0 Å². The van der Waals surface area contributed by atoms with E-state index in [1.165, 1.54) is 56.2 Å². The molecule has 3 fully saturated rings. The normalized spacial score (nSPS) is 28.8. The lowest BCUT2D eigenvalue weighted by Gasteiger charge is -2.28. The highest BCUT2D eigenvalue weighted by atomic mass is 16.8. The van der Waals surface area contributed by atoms with E-state index in [1.807, 2.05) is 15.5 Å². The molecule has 0 bridgehead atoms. The number of carbonyl (C=O) groups is 1. The van der Waals surface area contributed by atoms with E-state index in [2.05, 4.69) is 0 Å². The SMILES string of the molecule is COC1OC1[C@@H]1CCCN1C(=O)c1cc2c(n(CC3CCCCC3)c1=O)CCCCCC2. The number of methoxy groups -OCH3 is 1. The molecule has 2 aliphatic carbocycles. The van der Waals surface area contributed by atoms with Crippen LogP contribution in [0.4, 0.5) is 0 Å². The molecule has 0 aromatic carbocycles. The standard InChI is InChI=1S/C26H38N2O4/c1-31-26-23(32-26)22-14-9-15-27(22)24(29)20-16-19-12-7-2-3-8-13-21(19)28(25(20)30)17-18-10-5-4-6-11-18/h16,18,22-23,26H,2-15,17H2,1H3/t22-,23?,26?/m0/s1. The monoisotopic (exact) mass is 442 g/mol. The van der Waals surface area contributed by atoms with Gasteiger partial charge in [-0.2, -0.15) is 0 Å². The predicted molar refractivity (Wildman–Crippen MR) is 123 cm³/mol. The van der Waals surface area contributed by atoms with Gasteiger partial charge in [-0.1, -0.05) is 32.1 Å². The molecule has 0 spiro atoms. The average Bonchev–Trinajstić information content (AvgIpc) is 3.42. The van der Waals surface area contributed by atoms with Crippen LogP contribution >= 0.6 is 0 Å². The van der Waals surface area contributed by atoms with Crippen LogP contribution in [0.3, 0.4) is 0 Å². The molecule has 4 aliphatic rings. The molecule has 176 valence electrons. The largest absolute Gasteiger partial charge is 0.353 e. The van der Waals surface area contributed by atoms with Crippen LogP contribution in [0.25, 0.3) is 0 Å². The zero-order valence-corrected chi connectivity index (χ0v) is 19.5. The van der Waals surface area contributed by atoms with Gasteiger partial charge in [-0.25, -0.2) is 0 Å². The van der Waals surface area contributed by atoms with Crippen molar-refractivity contribution >= 4 is 5.91 Å². The summed E-state index contributed by atoms with van der Waals surface area (Å²) in [5.74, 6) is 0.452. The molecule has 32 heavy (non-hydrogen) atoms. The Bertz CT molecular complexity index is 889. The van der Waals surface area contributed by atoms with Gasteiger partial charge in [0.15, 0.2) is 6.29 Å². The maximum absolute atomic E-state index is 13.8. The second kappa shape index (κ2) is 9.68. The molecular formula is C26H38N2O4. The van der Waals surface area contributed by atoms with Gasteiger partial charge in [0, 0.05) is 25.9 Å². The van der Waals surface area contributed by atoms with E-state index in [4.69, 9.17) is 9.47 Å². The Morgan fingerprint density at radius 3 is 2.53 bits per heavy atom. The molecule has 0 N–H and O–H groups in total. The number of amides is 1. The maximum Gasteiger partial charge on any atom is 0.263 e. The van der Waals surface area contributed by atoms with Crippen LogP contribution in [0.1, 0.15) is 92.2 Å². The molecule has 6 nitrogen and oxygen atoms in total. The predicted octanol–water partition coefficient (Wildman–Crippen LogP) is 4.06. The van der Waals surface area contributed by atoms with Crippen LogP contribution in [-0.2, 0) is 28.9 Å². The minimum atomic E-state index is -0.216. The summed E-state index contributed by atoms with van der Waals surface area (Å²) in [7, 11) is 1.64. The summed E-state index contributed by atoms with van der Waals surface area (Å²) in [6.45, 7) is 1.47. The van der Waals surface area contributed by atoms with Crippen LogP contribution in [0.5, 0.6) is 0 Å². The fourth-order valence-corrected chi connectivity index (χ4v) is 6.32. The minimum absolute atomic E-state index is 0.0145. The number of hydrogen-bond donors (Lipinski definition) is 0. The summed E-state index contributed by atoms with van der Waals surface area (Å²) in [6, 6.07) is 1.97. The van der Waals surface area contributed by atoms with Gasteiger partial charge in [-0.3, -0.25) is 9.59 Å². The number of hydrogen-bond acceptors (Lipinski definition) is 4. The summed E-state index contributed by atoms with van der Waals surface area (Å²) in [6.07, 6.45) is 14.5. The van der Waals surface area contributed by atoms with Gasteiger partial charge in [0.25, 0.3) is 11.5 Å². The van der Waals surface area contributed by atoms with Crippen molar-refractivity contribution in [1.82, 2.24) is 9.47 Å². The first kappa shape index (κ1) is 22.1. The van der Waals surface area contributed by atoms with E-state index in [0.29, 0.717) is 18.0 Å². The molecule has 6 heteroatoms. The summed E-state index contributed by atoms with van der Waals surface area (Å²) < 4.78 is 13.0. The number of likely N-dealkylation sites (tertiary alicyclic amines) is 1. The summed E-state index contributed by atoms with van der Waals surface area (Å²) >= 11 is 0. The third-order valence-corrected chi connectivity index (χ3v) is 8.15. The molecule has 1 aromatic heterocycles. The molecule has 5 rings (SSSR count). The molecule has 3 heterocycles. The second-order valence-electron chi connectivity index (χ2n) is 10.3. The number of carbonyl (C=O) groups excluding carboxylic acids is 1. The Hall–Kier alpha value is -1.66. The molecular weight excluding hydrogens is 404 g/mol. The zero-order valence-electron chi connectivity index (χ0n) is 19.5. The highest BCUT2D eigenvalue weighted by Gasteiger charge is 2.50. The number of fused-ring (bicyclic) bond motifs is 1. The molecule has 2 unspecified atom stereocenters. The van der Waals surface area contributed by atoms with Crippen molar-refractivity contribution in [2.75, 3.05) is 13.7 Å². The lowest BCUT2D eigenvalue weighted by molar-refractivity contribution is 0.0710. The number of nitrogens with zero attached hydrogens (tertiary/aromatic N) is 2. The van der Waals surface area contributed by atoms with Gasteiger partial charge in [-0.05, 0) is 68.9 Å². The zero-order chi connectivity index (χ0) is 22.1. The molecule has 2 aliphatic heterocycles. The Morgan fingerprint density at radius 2 is 1.78 bits per heavy atom. The molecule has 1 saturated carbocycles. The van der Waals surface area contributed by atoms with E-state index in [-0.39, 0.29) is 29.9 Å². The average molecular weight is 443 g/mol. The van der Waals surface area contributed by atoms with Crippen molar-refractivity contribution in [3.63, 3.8) is 0 Å². The highest BCUT2D eigenvalue weighted by molar-refractivity contribution is 5.94. The quantitative estimate of drug-likeness (QED) is 0.645. The van der Waals surface area contributed by atoms with Gasteiger partial charge in [0.05, 0.1) is 6.04 Å². The summed E-state index contributed by atoms with van der Waals surface area (Å²) in [5.41, 5.74) is 2.75. The third-order valence-electron chi connectivity index (χ3n) is 8.15. The van der Waals surface area contributed by atoms with Crippen molar-refractivity contribution in [2.24, 2.45) is 5.92 Å². The number of ether oxygens (including phenoxy) is 2. The first-order valence-corrected chi connectivity index (χ1v) is 12.9. The summed E-state index contributed by atoms with van der Waals surface area (Å²) in [4.78, 5) is 29.4. The first-order valence-electron chi connectivity index (χ1n) is 12.9. The van der Waals surface area contributed by atoms with E-state index < -0.39 is 0 Å². The molecule has 1 aromatic rings. The van der Waals surface area contributed by atoms with Gasteiger partial charge >= 0.3 is 0 Å². The van der Waals surface area contributed by atoms with Crippen molar-refractivity contribution in [2.45, 2.75) is 108 Å². The Morgan fingerprint density at radius 1 is 1.03 bits per heavy atom. The van der Waals surface area contributed by atoms with Crippen molar-refractivity contribution in [3.8, 4) is 0 Å². The Labute approximate surface area is 191 Å². The first-order chi connectivity index (χ1) is 15.7. The number of epoxide rings is 1. The lowest BCUT2D eigenvalue weighted by atomic mass is 9.88. The van der Waals surface area contributed by atoms with Gasteiger partial charge in [0.1, 0.15) is 11.7 Å².